The maximum absolute atomic E-state index is 13.0. The Morgan fingerprint density at radius 3 is 2.51 bits per heavy atom. The predicted octanol–water partition coefficient (Wildman–Crippen LogP) is 3.65. The zero-order valence-electron chi connectivity index (χ0n) is 21.2. The van der Waals surface area contributed by atoms with Crippen molar-refractivity contribution >= 4 is 17.7 Å². The summed E-state index contributed by atoms with van der Waals surface area (Å²) in [4.78, 5) is 44.3. The van der Waals surface area contributed by atoms with Crippen LogP contribution >= 0.6 is 0 Å². The summed E-state index contributed by atoms with van der Waals surface area (Å²) in [5.74, 6) is -0.151. The molecule has 1 aromatic heterocycles. The van der Waals surface area contributed by atoms with Crippen LogP contribution in [0.15, 0.2) is 36.5 Å². The van der Waals surface area contributed by atoms with E-state index in [4.69, 9.17) is 4.74 Å². The maximum atomic E-state index is 13.0. The number of hydrogen-bond donors (Lipinski definition) is 1. The summed E-state index contributed by atoms with van der Waals surface area (Å²) in [6.07, 6.45) is 1.40. The number of alkyl halides is 3. The molecule has 206 valence electrons. The quantitative estimate of drug-likeness (QED) is 0.580. The van der Waals surface area contributed by atoms with Crippen molar-refractivity contribution in [1.29, 1.82) is 0 Å². The number of amides is 3. The number of halogens is 3. The van der Waals surface area contributed by atoms with Gasteiger partial charge >= 0.3 is 6.18 Å². The van der Waals surface area contributed by atoms with Crippen molar-refractivity contribution < 1.29 is 32.3 Å². The molecule has 2 aromatic rings. The fourth-order valence-corrected chi connectivity index (χ4v) is 6.24. The van der Waals surface area contributed by atoms with Gasteiger partial charge in [-0.15, -0.1) is 0 Å². The Bertz CT molecular complexity index is 1290. The van der Waals surface area contributed by atoms with Crippen LogP contribution in [0.25, 0.3) is 0 Å². The highest BCUT2D eigenvalue weighted by molar-refractivity contribution is 6.05. The van der Waals surface area contributed by atoms with Crippen LogP contribution in [0.4, 0.5) is 13.2 Å². The number of nitrogens with one attached hydrogen (secondary N) is 1. The highest BCUT2D eigenvalue weighted by atomic mass is 19.4. The van der Waals surface area contributed by atoms with Gasteiger partial charge < -0.3 is 9.64 Å². The number of fused-ring (bicyclic) bond motifs is 1. The number of carbonyl (C=O) groups excluding carboxylic acids is 3. The molecule has 3 aliphatic heterocycles. The first-order chi connectivity index (χ1) is 18.7. The third kappa shape index (κ3) is 4.99. The molecule has 2 saturated heterocycles. The van der Waals surface area contributed by atoms with Crippen LogP contribution in [0.5, 0.6) is 5.75 Å². The number of carbonyl (C=O) groups is 3. The zero-order chi connectivity index (χ0) is 27.3. The average Bonchev–Trinajstić information content (AvgIpc) is 3.19. The maximum Gasteiger partial charge on any atom is 0.433 e. The van der Waals surface area contributed by atoms with E-state index in [9.17, 15) is 27.6 Å². The lowest BCUT2D eigenvalue weighted by atomic mass is 9.84. The van der Waals surface area contributed by atoms with Crippen LogP contribution in [-0.2, 0) is 22.3 Å². The normalized spacial score (nSPS) is 26.3. The Morgan fingerprint density at radius 1 is 1.00 bits per heavy atom. The van der Waals surface area contributed by atoms with Crippen molar-refractivity contribution in [3.63, 3.8) is 0 Å². The van der Waals surface area contributed by atoms with Crippen molar-refractivity contribution in [2.75, 3.05) is 13.1 Å². The second-order valence-electron chi connectivity index (χ2n) is 10.9. The number of aromatic nitrogens is 1. The summed E-state index contributed by atoms with van der Waals surface area (Å²) < 4.78 is 45.0. The molecule has 3 amide bonds. The largest absolute Gasteiger partial charge is 0.489 e. The lowest BCUT2D eigenvalue weighted by Gasteiger charge is -2.48. The van der Waals surface area contributed by atoms with Gasteiger partial charge in [0.1, 0.15) is 23.6 Å². The number of rotatable bonds is 5. The lowest BCUT2D eigenvalue weighted by molar-refractivity contribution is -0.141. The average molecular weight is 543 g/mol. The van der Waals surface area contributed by atoms with Gasteiger partial charge in [-0.1, -0.05) is 12.5 Å². The number of nitrogens with zero attached hydrogens (tertiary/aromatic N) is 3. The predicted molar refractivity (Wildman–Crippen MR) is 133 cm³/mol. The van der Waals surface area contributed by atoms with Crippen molar-refractivity contribution in [1.82, 2.24) is 20.1 Å². The van der Waals surface area contributed by atoms with Crippen molar-refractivity contribution in [2.45, 2.75) is 75.4 Å². The molecular weight excluding hydrogens is 513 g/mol. The van der Waals surface area contributed by atoms with Crippen molar-refractivity contribution in [3.8, 4) is 5.75 Å². The van der Waals surface area contributed by atoms with E-state index in [0.717, 1.165) is 56.0 Å². The molecular formula is C28H29F3N4O4. The van der Waals surface area contributed by atoms with Gasteiger partial charge in [0.15, 0.2) is 0 Å². The van der Waals surface area contributed by atoms with Crippen molar-refractivity contribution in [3.05, 3.63) is 58.9 Å². The van der Waals surface area contributed by atoms with E-state index in [1.54, 1.807) is 12.1 Å². The molecule has 4 heterocycles. The first kappa shape index (κ1) is 25.8. The molecule has 11 heteroatoms. The Labute approximate surface area is 223 Å². The van der Waals surface area contributed by atoms with Crippen LogP contribution in [0.3, 0.4) is 0 Å². The number of benzene rings is 1. The summed E-state index contributed by atoms with van der Waals surface area (Å²) >= 11 is 0. The Balaban J connectivity index is 1.09. The van der Waals surface area contributed by atoms with Gasteiger partial charge in [-0.05, 0) is 61.1 Å². The van der Waals surface area contributed by atoms with E-state index in [0.29, 0.717) is 24.3 Å². The molecule has 0 bridgehead atoms. The highest BCUT2D eigenvalue weighted by Gasteiger charge is 2.41. The van der Waals surface area contributed by atoms with E-state index in [1.807, 2.05) is 6.07 Å². The van der Waals surface area contributed by atoms with E-state index in [-0.39, 0.29) is 36.3 Å². The smallest absolute Gasteiger partial charge is 0.433 e. The molecule has 1 N–H and O–H groups in total. The van der Waals surface area contributed by atoms with Crippen LogP contribution in [-0.4, -0.2) is 63.8 Å². The number of hydrogen-bond acceptors (Lipinski definition) is 6. The van der Waals surface area contributed by atoms with Gasteiger partial charge in [-0.3, -0.25) is 29.6 Å². The summed E-state index contributed by atoms with van der Waals surface area (Å²) in [5.41, 5.74) is 1.28. The second kappa shape index (κ2) is 9.93. The van der Waals surface area contributed by atoms with Gasteiger partial charge in [0.2, 0.25) is 11.8 Å². The van der Waals surface area contributed by atoms with Crippen molar-refractivity contribution in [2.24, 2.45) is 0 Å². The third-order valence-corrected chi connectivity index (χ3v) is 8.38. The Morgan fingerprint density at radius 2 is 1.79 bits per heavy atom. The molecule has 4 aliphatic rings. The molecule has 1 aliphatic carbocycles. The van der Waals surface area contributed by atoms with Gasteiger partial charge in [0, 0.05) is 49.8 Å². The lowest BCUT2D eigenvalue weighted by Crippen LogP contribution is -2.57. The Hall–Kier alpha value is -3.47. The molecule has 1 aromatic carbocycles. The molecule has 0 spiro atoms. The van der Waals surface area contributed by atoms with Gasteiger partial charge in [-0.25, -0.2) is 0 Å². The van der Waals surface area contributed by atoms with E-state index in [1.165, 1.54) is 17.2 Å². The number of ether oxygens (including phenoxy) is 1. The molecule has 0 unspecified atom stereocenters. The van der Waals surface area contributed by atoms with Crippen LogP contribution < -0.4 is 10.1 Å². The molecule has 6 rings (SSSR count). The molecule has 0 radical (unpaired) electrons. The Kier molecular flexibility index (Phi) is 6.57. The summed E-state index contributed by atoms with van der Waals surface area (Å²) in [7, 11) is 0. The van der Waals surface area contributed by atoms with Gasteiger partial charge in [0.25, 0.3) is 5.91 Å². The molecule has 8 nitrogen and oxygen atoms in total. The molecule has 1 saturated carbocycles. The summed E-state index contributed by atoms with van der Waals surface area (Å²) in [6, 6.07) is 7.52. The second-order valence-corrected chi connectivity index (χ2v) is 10.9. The standard InChI is InChI=1S/C28H29F3N4O4/c29-28(30,31)24-9-5-16(12-32-24)18-13-34(14-18)21-3-1-2-4-23(21)39-19-6-7-20-17(11-19)15-35(27(20)38)22-8-10-25(36)33-26(22)37/h5-7,9,11-12,18,21-23H,1-4,8,10,13-15H2,(H,33,36,37)/t21-,22+,23+/m0/s1. The minimum atomic E-state index is -4.44. The fraction of sp³-hybridized carbons (Fsp3) is 0.500. The minimum Gasteiger partial charge on any atom is -0.489 e. The topological polar surface area (TPSA) is 91.8 Å². The van der Waals surface area contributed by atoms with Crippen LogP contribution in [0.2, 0.25) is 0 Å². The number of imide groups is 1. The number of pyridine rings is 1. The third-order valence-electron chi connectivity index (χ3n) is 8.38. The van der Waals surface area contributed by atoms with E-state index >= 15 is 0 Å². The van der Waals surface area contributed by atoms with E-state index in [2.05, 4.69) is 15.2 Å². The number of likely N-dealkylation sites (tertiary alicyclic amines) is 1. The minimum absolute atomic E-state index is 0.0353. The zero-order valence-corrected chi connectivity index (χ0v) is 21.2. The monoisotopic (exact) mass is 542 g/mol. The highest BCUT2D eigenvalue weighted by Crippen LogP contribution is 2.37. The van der Waals surface area contributed by atoms with Crippen LogP contribution in [0.1, 0.15) is 71.6 Å². The molecule has 39 heavy (non-hydrogen) atoms. The first-order valence-electron chi connectivity index (χ1n) is 13.4. The van der Waals surface area contributed by atoms with E-state index < -0.39 is 23.8 Å². The fourth-order valence-electron chi connectivity index (χ4n) is 6.24. The number of piperidine rings is 1. The summed E-state index contributed by atoms with van der Waals surface area (Å²) in [6.45, 7) is 1.79. The SMILES string of the molecule is O=C1CC[C@@H](N2Cc3cc(O[C@@H]4CCCC[C@@H]4N4CC(c5ccc(C(F)(F)F)nc5)C4)ccc3C2=O)C(=O)N1. The molecule has 3 atom stereocenters. The summed E-state index contributed by atoms with van der Waals surface area (Å²) in [5, 5.41) is 2.32. The van der Waals surface area contributed by atoms with Gasteiger partial charge in [0.05, 0.1) is 0 Å². The molecule has 3 fully saturated rings. The first-order valence-corrected chi connectivity index (χ1v) is 13.4. The van der Waals surface area contributed by atoms with Crippen LogP contribution in [0, 0.1) is 0 Å². The van der Waals surface area contributed by atoms with Gasteiger partial charge in [-0.2, -0.15) is 13.2 Å².